The largest absolute Gasteiger partial charge is 0.280 e. The smallest absolute Gasteiger partial charge is 0.240 e. The standard InChI is InChI=1S/C18H19N3O2/c1-13-5-7-15(8-6-13)18(2)10-16(22)21(17(18)23)12-14(11-20)4-3-9-19/h5-8,14H,3-4,10,12H2,1-2H3/t14-,18-/m0/s1. The predicted molar refractivity (Wildman–Crippen MR) is 83.8 cm³/mol. The second kappa shape index (κ2) is 6.62. The number of rotatable bonds is 5. The van der Waals surface area contributed by atoms with E-state index in [9.17, 15) is 9.59 Å². The lowest BCUT2D eigenvalue weighted by Crippen LogP contribution is -2.39. The van der Waals surface area contributed by atoms with Gasteiger partial charge < -0.3 is 0 Å². The lowest BCUT2D eigenvalue weighted by molar-refractivity contribution is -0.140. The molecule has 0 N–H and O–H groups in total. The molecule has 1 aliphatic rings. The van der Waals surface area contributed by atoms with Gasteiger partial charge in [0.25, 0.3) is 0 Å². The van der Waals surface area contributed by atoms with Crippen LogP contribution >= 0.6 is 0 Å². The highest BCUT2D eigenvalue weighted by Gasteiger charge is 2.49. The Balaban J connectivity index is 2.21. The van der Waals surface area contributed by atoms with Crippen LogP contribution in [0.1, 0.15) is 37.3 Å². The molecule has 0 spiro atoms. The third kappa shape index (κ3) is 3.24. The number of hydrogen-bond acceptors (Lipinski definition) is 4. The third-order valence-corrected chi connectivity index (χ3v) is 4.40. The summed E-state index contributed by atoms with van der Waals surface area (Å²) in [7, 11) is 0. The molecule has 0 saturated carbocycles. The molecule has 0 aromatic heterocycles. The summed E-state index contributed by atoms with van der Waals surface area (Å²) in [4.78, 5) is 26.3. The molecule has 1 fully saturated rings. The lowest BCUT2D eigenvalue weighted by atomic mass is 9.80. The summed E-state index contributed by atoms with van der Waals surface area (Å²) in [6.07, 6.45) is 0.722. The van der Waals surface area contributed by atoms with Crippen LogP contribution in [0.2, 0.25) is 0 Å². The first-order valence-corrected chi connectivity index (χ1v) is 7.61. The number of aryl methyl sites for hydroxylation is 1. The van der Waals surface area contributed by atoms with Crippen LogP contribution in [0.5, 0.6) is 0 Å². The monoisotopic (exact) mass is 309 g/mol. The summed E-state index contributed by atoms with van der Waals surface area (Å²) >= 11 is 0. The van der Waals surface area contributed by atoms with Crippen LogP contribution < -0.4 is 0 Å². The Kier molecular flexibility index (Phi) is 4.81. The maximum absolute atomic E-state index is 12.8. The first-order valence-electron chi connectivity index (χ1n) is 7.61. The Labute approximate surface area is 136 Å². The van der Waals surface area contributed by atoms with Crippen LogP contribution in [0.25, 0.3) is 0 Å². The van der Waals surface area contributed by atoms with E-state index < -0.39 is 11.3 Å². The molecule has 0 bridgehead atoms. The Morgan fingerprint density at radius 1 is 1.26 bits per heavy atom. The molecule has 2 atom stereocenters. The number of nitriles is 2. The Hall–Kier alpha value is -2.66. The minimum absolute atomic E-state index is 0.0668. The summed E-state index contributed by atoms with van der Waals surface area (Å²) in [5.41, 5.74) is 1.03. The first-order chi connectivity index (χ1) is 10.9. The molecule has 0 radical (unpaired) electrons. The van der Waals surface area contributed by atoms with Gasteiger partial charge >= 0.3 is 0 Å². The van der Waals surface area contributed by atoms with Crippen molar-refractivity contribution in [1.29, 1.82) is 10.5 Å². The second-order valence-electron chi connectivity index (χ2n) is 6.21. The summed E-state index contributed by atoms with van der Waals surface area (Å²) < 4.78 is 0. The fraction of sp³-hybridized carbons (Fsp3) is 0.444. The van der Waals surface area contributed by atoms with E-state index in [1.54, 1.807) is 6.92 Å². The van der Waals surface area contributed by atoms with Crippen LogP contribution in [0.3, 0.4) is 0 Å². The molecule has 1 saturated heterocycles. The first kappa shape index (κ1) is 16.7. The van der Waals surface area contributed by atoms with E-state index in [1.165, 1.54) is 4.90 Å². The second-order valence-corrected chi connectivity index (χ2v) is 6.21. The van der Waals surface area contributed by atoms with Crippen molar-refractivity contribution in [3.05, 3.63) is 35.4 Å². The van der Waals surface area contributed by atoms with Crippen molar-refractivity contribution in [2.45, 2.75) is 38.5 Å². The van der Waals surface area contributed by atoms with Crippen molar-refractivity contribution in [3.8, 4) is 12.1 Å². The SMILES string of the molecule is Cc1ccc([C@]2(C)CC(=O)N(C[C@H](C#N)CCC#N)C2=O)cc1. The van der Waals surface area contributed by atoms with E-state index in [4.69, 9.17) is 10.5 Å². The summed E-state index contributed by atoms with van der Waals surface area (Å²) in [6, 6.07) is 11.7. The van der Waals surface area contributed by atoms with E-state index >= 15 is 0 Å². The minimum Gasteiger partial charge on any atom is -0.280 e. The zero-order valence-electron chi connectivity index (χ0n) is 13.4. The zero-order chi connectivity index (χ0) is 17.0. The summed E-state index contributed by atoms with van der Waals surface area (Å²) in [6.45, 7) is 3.80. The van der Waals surface area contributed by atoms with E-state index in [2.05, 4.69) is 6.07 Å². The van der Waals surface area contributed by atoms with Gasteiger partial charge in [0.05, 0.1) is 23.5 Å². The maximum Gasteiger partial charge on any atom is 0.240 e. The molecule has 1 aromatic carbocycles. The van der Waals surface area contributed by atoms with Gasteiger partial charge in [-0.05, 0) is 25.8 Å². The van der Waals surface area contributed by atoms with Crippen molar-refractivity contribution in [2.75, 3.05) is 6.54 Å². The molecule has 5 heteroatoms. The molecule has 2 amide bonds. The number of hydrogen-bond donors (Lipinski definition) is 0. The average molecular weight is 309 g/mol. The number of carbonyl (C=O) groups excluding carboxylic acids is 2. The van der Waals surface area contributed by atoms with E-state index in [0.717, 1.165) is 11.1 Å². The Morgan fingerprint density at radius 3 is 2.48 bits per heavy atom. The Morgan fingerprint density at radius 2 is 1.91 bits per heavy atom. The molecule has 1 aromatic rings. The number of carbonyl (C=O) groups is 2. The molecular weight excluding hydrogens is 290 g/mol. The maximum atomic E-state index is 12.8. The minimum atomic E-state index is -0.875. The number of nitrogens with zero attached hydrogens (tertiary/aromatic N) is 3. The average Bonchev–Trinajstić information content (AvgIpc) is 2.75. The highest BCUT2D eigenvalue weighted by molar-refractivity contribution is 6.08. The molecular formula is C18H19N3O2. The number of imide groups is 1. The van der Waals surface area contributed by atoms with Crippen molar-refractivity contribution in [3.63, 3.8) is 0 Å². The van der Waals surface area contributed by atoms with Crippen LogP contribution in [-0.2, 0) is 15.0 Å². The van der Waals surface area contributed by atoms with Gasteiger partial charge in [0.15, 0.2) is 0 Å². The van der Waals surface area contributed by atoms with Crippen LogP contribution in [0, 0.1) is 35.5 Å². The van der Waals surface area contributed by atoms with E-state index in [0.29, 0.717) is 6.42 Å². The predicted octanol–water partition coefficient (Wildman–Crippen LogP) is 2.46. The highest BCUT2D eigenvalue weighted by atomic mass is 16.2. The van der Waals surface area contributed by atoms with Crippen molar-refractivity contribution in [2.24, 2.45) is 5.92 Å². The molecule has 0 aliphatic carbocycles. The Bertz CT molecular complexity index is 696. The van der Waals surface area contributed by atoms with Crippen LogP contribution in [0.15, 0.2) is 24.3 Å². The topological polar surface area (TPSA) is 85.0 Å². The van der Waals surface area contributed by atoms with E-state index in [-0.39, 0.29) is 31.2 Å². The fourth-order valence-corrected chi connectivity index (χ4v) is 2.87. The van der Waals surface area contributed by atoms with Gasteiger partial charge in [0.1, 0.15) is 0 Å². The van der Waals surface area contributed by atoms with Crippen LogP contribution in [0.4, 0.5) is 0 Å². The molecule has 1 aliphatic heterocycles. The quantitative estimate of drug-likeness (QED) is 0.782. The number of likely N-dealkylation sites (tertiary alicyclic amines) is 1. The van der Waals surface area contributed by atoms with Crippen molar-refractivity contribution >= 4 is 11.8 Å². The van der Waals surface area contributed by atoms with Crippen LogP contribution in [-0.4, -0.2) is 23.3 Å². The van der Waals surface area contributed by atoms with Gasteiger partial charge in [0, 0.05) is 19.4 Å². The zero-order valence-corrected chi connectivity index (χ0v) is 13.4. The van der Waals surface area contributed by atoms with Gasteiger partial charge in [-0.15, -0.1) is 0 Å². The molecule has 2 rings (SSSR count). The third-order valence-electron chi connectivity index (χ3n) is 4.40. The molecule has 23 heavy (non-hydrogen) atoms. The molecule has 0 unspecified atom stereocenters. The van der Waals surface area contributed by atoms with Gasteiger partial charge in [-0.25, -0.2) is 0 Å². The fourth-order valence-electron chi connectivity index (χ4n) is 2.87. The number of benzene rings is 1. The van der Waals surface area contributed by atoms with Crippen molar-refractivity contribution in [1.82, 2.24) is 4.90 Å². The van der Waals surface area contributed by atoms with Gasteiger partial charge in [-0.2, -0.15) is 10.5 Å². The van der Waals surface area contributed by atoms with Gasteiger partial charge in [0.2, 0.25) is 11.8 Å². The molecule has 1 heterocycles. The molecule has 5 nitrogen and oxygen atoms in total. The normalized spacial score (nSPS) is 21.8. The summed E-state index contributed by atoms with van der Waals surface area (Å²) in [5.74, 6) is -1.01. The highest BCUT2D eigenvalue weighted by Crippen LogP contribution is 2.36. The lowest BCUT2D eigenvalue weighted by Gasteiger charge is -2.23. The van der Waals surface area contributed by atoms with Gasteiger partial charge in [-0.3, -0.25) is 14.5 Å². The van der Waals surface area contributed by atoms with Crippen molar-refractivity contribution < 1.29 is 9.59 Å². The summed E-state index contributed by atoms with van der Waals surface area (Å²) in [5, 5.41) is 17.8. The number of amides is 2. The molecule has 118 valence electrons. The van der Waals surface area contributed by atoms with E-state index in [1.807, 2.05) is 37.3 Å². The van der Waals surface area contributed by atoms with Gasteiger partial charge in [-0.1, -0.05) is 29.8 Å².